The third-order valence-electron chi connectivity index (χ3n) is 5.34. The van der Waals surface area contributed by atoms with Crippen LogP contribution in [0.3, 0.4) is 0 Å². The van der Waals surface area contributed by atoms with E-state index in [4.69, 9.17) is 9.47 Å². The monoisotopic (exact) mass is 383 g/mol. The van der Waals surface area contributed by atoms with E-state index in [1.54, 1.807) is 14.2 Å². The van der Waals surface area contributed by atoms with Gasteiger partial charge in [-0.1, -0.05) is 6.07 Å². The van der Waals surface area contributed by atoms with Gasteiger partial charge in [-0.15, -0.1) is 12.4 Å². The Hall–Kier alpha value is -1.50. The van der Waals surface area contributed by atoms with Crippen molar-refractivity contribution in [3.8, 4) is 11.5 Å². The fraction of sp³-hybridized carbons (Fsp3) is 0.632. The lowest BCUT2D eigenvalue weighted by atomic mass is 10.0. The van der Waals surface area contributed by atoms with Crippen LogP contribution in [0.2, 0.25) is 0 Å². The van der Waals surface area contributed by atoms with Crippen molar-refractivity contribution in [2.24, 2.45) is 0 Å². The van der Waals surface area contributed by atoms with Gasteiger partial charge in [-0.2, -0.15) is 0 Å². The minimum atomic E-state index is 0. The van der Waals surface area contributed by atoms with E-state index in [1.807, 2.05) is 23.1 Å². The largest absolute Gasteiger partial charge is 0.493 e. The van der Waals surface area contributed by atoms with Crippen LogP contribution in [0, 0.1) is 0 Å². The summed E-state index contributed by atoms with van der Waals surface area (Å²) in [6, 6.07) is 6.51. The van der Waals surface area contributed by atoms with Crippen molar-refractivity contribution < 1.29 is 14.3 Å². The van der Waals surface area contributed by atoms with E-state index < -0.39 is 0 Å². The Morgan fingerprint density at radius 1 is 1.23 bits per heavy atom. The summed E-state index contributed by atoms with van der Waals surface area (Å²) < 4.78 is 10.7. The van der Waals surface area contributed by atoms with Gasteiger partial charge in [-0.25, -0.2) is 0 Å². The predicted octanol–water partition coefficient (Wildman–Crippen LogP) is 2.08. The molecule has 0 bridgehead atoms. The summed E-state index contributed by atoms with van der Waals surface area (Å²) in [7, 11) is 3.28. The Morgan fingerprint density at radius 2 is 2.00 bits per heavy atom. The molecule has 6 nitrogen and oxygen atoms in total. The zero-order valence-corrected chi connectivity index (χ0v) is 16.7. The molecule has 2 fully saturated rings. The molecule has 0 spiro atoms. The number of benzene rings is 1. The quantitative estimate of drug-likeness (QED) is 0.843. The van der Waals surface area contributed by atoms with Crippen LogP contribution in [0.15, 0.2) is 18.2 Å². The van der Waals surface area contributed by atoms with Crippen LogP contribution in [-0.4, -0.2) is 68.7 Å². The molecule has 0 aliphatic carbocycles. The number of ether oxygens (including phenoxy) is 2. The molecule has 1 N–H and O–H groups in total. The molecule has 2 atom stereocenters. The number of amides is 1. The molecular weight excluding hydrogens is 354 g/mol. The molecule has 26 heavy (non-hydrogen) atoms. The Kier molecular flexibility index (Phi) is 7.55. The fourth-order valence-electron chi connectivity index (χ4n) is 3.85. The number of nitrogens with zero attached hydrogens (tertiary/aromatic N) is 2. The van der Waals surface area contributed by atoms with Gasteiger partial charge in [0.05, 0.1) is 26.8 Å². The first-order chi connectivity index (χ1) is 12.1. The predicted molar refractivity (Wildman–Crippen MR) is 104 cm³/mol. The highest BCUT2D eigenvalue weighted by molar-refractivity contribution is 5.85. The normalized spacial score (nSPS) is 23.4. The van der Waals surface area contributed by atoms with E-state index in [9.17, 15) is 4.79 Å². The van der Waals surface area contributed by atoms with Gasteiger partial charge in [0.25, 0.3) is 0 Å². The Morgan fingerprint density at radius 3 is 2.69 bits per heavy atom. The molecule has 2 aliphatic heterocycles. The lowest BCUT2D eigenvalue weighted by Crippen LogP contribution is -2.53. The SMILES string of the molecule is COc1ccc(C2CCCN2C(=O)CN2CCNC[C@H]2C)cc1OC.Cl. The first kappa shape index (κ1) is 20.8. The summed E-state index contributed by atoms with van der Waals surface area (Å²) in [6.45, 7) is 6.35. The summed E-state index contributed by atoms with van der Waals surface area (Å²) in [4.78, 5) is 17.2. The van der Waals surface area contributed by atoms with Gasteiger partial charge in [-0.05, 0) is 37.5 Å². The van der Waals surface area contributed by atoms with Gasteiger partial charge in [0.2, 0.25) is 5.91 Å². The fourth-order valence-corrected chi connectivity index (χ4v) is 3.85. The smallest absolute Gasteiger partial charge is 0.237 e. The van der Waals surface area contributed by atoms with Gasteiger partial charge in [0.1, 0.15) is 0 Å². The molecule has 146 valence electrons. The molecule has 2 aliphatic rings. The first-order valence-electron chi connectivity index (χ1n) is 9.10. The van der Waals surface area contributed by atoms with Gasteiger partial charge in [-0.3, -0.25) is 9.69 Å². The maximum Gasteiger partial charge on any atom is 0.237 e. The van der Waals surface area contributed by atoms with Crippen LogP contribution in [-0.2, 0) is 4.79 Å². The van der Waals surface area contributed by atoms with Crippen LogP contribution < -0.4 is 14.8 Å². The molecule has 2 heterocycles. The lowest BCUT2D eigenvalue weighted by molar-refractivity contribution is -0.134. The number of carbonyl (C=O) groups excluding carboxylic acids is 1. The van der Waals surface area contributed by atoms with Crippen LogP contribution in [0.1, 0.15) is 31.4 Å². The maximum atomic E-state index is 12.9. The van der Waals surface area contributed by atoms with Crippen LogP contribution in [0.5, 0.6) is 11.5 Å². The zero-order chi connectivity index (χ0) is 17.8. The minimum Gasteiger partial charge on any atom is -0.493 e. The van der Waals surface area contributed by atoms with Gasteiger partial charge < -0.3 is 19.7 Å². The standard InChI is InChI=1S/C19H29N3O3.ClH/c1-14-12-20-8-10-21(14)13-19(23)22-9-4-5-16(22)15-6-7-17(24-2)18(11-15)25-3;/h6-7,11,14,16,20H,4-5,8-10,12-13H2,1-3H3;1H/t14-,16?;/m1./s1. The average Bonchev–Trinajstić information content (AvgIpc) is 3.13. The van der Waals surface area contributed by atoms with Crippen molar-refractivity contribution in [3.05, 3.63) is 23.8 Å². The van der Waals surface area contributed by atoms with Crippen LogP contribution in [0.25, 0.3) is 0 Å². The number of rotatable bonds is 5. The third kappa shape index (κ3) is 4.42. The third-order valence-corrected chi connectivity index (χ3v) is 5.34. The van der Waals surface area contributed by atoms with Crippen LogP contribution in [0.4, 0.5) is 0 Å². The van der Waals surface area contributed by atoms with E-state index in [-0.39, 0.29) is 24.4 Å². The molecule has 0 radical (unpaired) electrons. The molecule has 1 aromatic rings. The van der Waals surface area contributed by atoms with Crippen molar-refractivity contribution in [3.63, 3.8) is 0 Å². The number of nitrogens with one attached hydrogen (secondary N) is 1. The summed E-state index contributed by atoms with van der Waals surface area (Å²) >= 11 is 0. The number of halogens is 1. The van der Waals surface area contributed by atoms with Crippen molar-refractivity contribution in [1.82, 2.24) is 15.1 Å². The Labute approximate surface area is 162 Å². The molecule has 1 unspecified atom stereocenters. The van der Waals surface area contributed by atoms with Gasteiger partial charge >= 0.3 is 0 Å². The maximum absolute atomic E-state index is 12.9. The van der Waals surface area contributed by atoms with E-state index in [1.165, 1.54) is 0 Å². The molecule has 2 saturated heterocycles. The highest BCUT2D eigenvalue weighted by Crippen LogP contribution is 2.37. The summed E-state index contributed by atoms with van der Waals surface area (Å²) in [6.07, 6.45) is 2.04. The molecular formula is C19H30ClN3O3. The Balaban J connectivity index is 0.00000243. The second-order valence-electron chi connectivity index (χ2n) is 6.88. The second kappa shape index (κ2) is 9.44. The van der Waals surface area contributed by atoms with Crippen LogP contribution >= 0.6 is 12.4 Å². The number of likely N-dealkylation sites (tertiary alicyclic amines) is 1. The van der Waals surface area contributed by atoms with Crippen molar-refractivity contribution in [2.45, 2.75) is 31.8 Å². The number of hydrogen-bond acceptors (Lipinski definition) is 5. The van der Waals surface area contributed by atoms with Crippen molar-refractivity contribution in [1.29, 1.82) is 0 Å². The highest BCUT2D eigenvalue weighted by Gasteiger charge is 2.32. The molecule has 1 amide bonds. The number of piperazine rings is 1. The van der Waals surface area contributed by atoms with Gasteiger partial charge in [0.15, 0.2) is 11.5 Å². The van der Waals surface area contributed by atoms with Gasteiger partial charge in [0, 0.05) is 32.2 Å². The molecule has 0 saturated carbocycles. The highest BCUT2D eigenvalue weighted by atomic mass is 35.5. The number of carbonyl (C=O) groups is 1. The summed E-state index contributed by atoms with van der Waals surface area (Å²) in [5.41, 5.74) is 1.12. The lowest BCUT2D eigenvalue weighted by Gasteiger charge is -2.35. The van der Waals surface area contributed by atoms with E-state index in [0.717, 1.165) is 56.1 Å². The molecule has 7 heteroatoms. The Bertz CT molecular complexity index is 614. The van der Waals surface area contributed by atoms with E-state index in [0.29, 0.717) is 12.6 Å². The van der Waals surface area contributed by atoms with Crippen molar-refractivity contribution in [2.75, 3.05) is 46.9 Å². The summed E-state index contributed by atoms with van der Waals surface area (Å²) in [5.74, 6) is 1.66. The van der Waals surface area contributed by atoms with Crippen molar-refractivity contribution >= 4 is 18.3 Å². The van der Waals surface area contributed by atoms with E-state index >= 15 is 0 Å². The minimum absolute atomic E-state index is 0. The summed E-state index contributed by atoms with van der Waals surface area (Å²) in [5, 5.41) is 3.37. The molecule has 1 aromatic carbocycles. The second-order valence-corrected chi connectivity index (χ2v) is 6.88. The number of methoxy groups -OCH3 is 2. The number of hydrogen-bond donors (Lipinski definition) is 1. The topological polar surface area (TPSA) is 54.0 Å². The average molecular weight is 384 g/mol. The first-order valence-corrected chi connectivity index (χ1v) is 9.10. The zero-order valence-electron chi connectivity index (χ0n) is 15.9. The van der Waals surface area contributed by atoms with E-state index in [2.05, 4.69) is 17.1 Å². The molecule has 3 rings (SSSR count). The molecule has 0 aromatic heterocycles.